The average molecular weight is 238 g/mol. The van der Waals surface area contributed by atoms with Crippen LogP contribution in [0.1, 0.15) is 5.56 Å². The third kappa shape index (κ3) is 1.74. The molecule has 0 unspecified atom stereocenters. The number of carbonyl (C=O) groups excluding carboxylic acids is 1. The Hall–Kier alpha value is -2.29. The molecule has 0 spiro atoms. The van der Waals surface area contributed by atoms with E-state index in [-0.39, 0.29) is 5.91 Å². The molecule has 2 aromatic rings. The molecule has 1 heterocycles. The van der Waals surface area contributed by atoms with Gasteiger partial charge in [-0.15, -0.1) is 0 Å². The van der Waals surface area contributed by atoms with E-state index in [1.54, 1.807) is 4.90 Å². The molecule has 1 amide bonds. The predicted octanol–water partition coefficient (Wildman–Crippen LogP) is 3.09. The SMILES string of the molecule is Cc1cccc(N2C(=O)CNc3ccccc32)c1. The van der Waals surface area contributed by atoms with Crippen LogP contribution in [-0.2, 0) is 4.79 Å². The Morgan fingerprint density at radius 2 is 1.94 bits per heavy atom. The van der Waals surface area contributed by atoms with Crippen molar-refractivity contribution < 1.29 is 4.79 Å². The summed E-state index contributed by atoms with van der Waals surface area (Å²) in [7, 11) is 0. The van der Waals surface area contributed by atoms with Crippen LogP contribution in [0.15, 0.2) is 48.5 Å². The fourth-order valence-electron chi connectivity index (χ4n) is 2.25. The van der Waals surface area contributed by atoms with Crippen molar-refractivity contribution in [2.45, 2.75) is 6.92 Å². The van der Waals surface area contributed by atoms with Crippen molar-refractivity contribution in [3.8, 4) is 0 Å². The first-order valence-corrected chi connectivity index (χ1v) is 5.98. The summed E-state index contributed by atoms with van der Waals surface area (Å²) in [5.41, 5.74) is 3.99. The molecule has 0 atom stereocenters. The van der Waals surface area contributed by atoms with Crippen molar-refractivity contribution in [1.82, 2.24) is 0 Å². The molecule has 1 N–H and O–H groups in total. The zero-order valence-corrected chi connectivity index (χ0v) is 10.2. The number of nitrogens with zero attached hydrogens (tertiary/aromatic N) is 1. The van der Waals surface area contributed by atoms with Crippen LogP contribution in [0.25, 0.3) is 0 Å². The lowest BCUT2D eigenvalue weighted by Crippen LogP contribution is -2.36. The minimum atomic E-state index is 0.0688. The number of hydrogen-bond donors (Lipinski definition) is 1. The second-order valence-electron chi connectivity index (χ2n) is 4.44. The first-order valence-electron chi connectivity index (χ1n) is 5.98. The maximum Gasteiger partial charge on any atom is 0.250 e. The molecular formula is C15H14N2O. The first kappa shape index (κ1) is 10.8. The molecule has 0 fully saturated rings. The Bertz CT molecular complexity index is 607. The summed E-state index contributed by atoms with van der Waals surface area (Å²) in [6.45, 7) is 2.37. The summed E-state index contributed by atoms with van der Waals surface area (Å²) in [5.74, 6) is 0.0688. The van der Waals surface area contributed by atoms with Crippen LogP contribution < -0.4 is 10.2 Å². The van der Waals surface area contributed by atoms with Crippen LogP contribution in [0.4, 0.5) is 17.1 Å². The van der Waals surface area contributed by atoms with Crippen molar-refractivity contribution >= 4 is 23.0 Å². The van der Waals surface area contributed by atoms with Crippen LogP contribution >= 0.6 is 0 Å². The van der Waals surface area contributed by atoms with Gasteiger partial charge >= 0.3 is 0 Å². The topological polar surface area (TPSA) is 32.3 Å². The maximum absolute atomic E-state index is 12.1. The first-order chi connectivity index (χ1) is 8.75. The van der Waals surface area contributed by atoms with Crippen LogP contribution in [-0.4, -0.2) is 12.5 Å². The summed E-state index contributed by atoms with van der Waals surface area (Å²) in [5, 5.41) is 3.14. The molecule has 0 bridgehead atoms. The number of para-hydroxylation sites is 2. The zero-order chi connectivity index (χ0) is 12.5. The predicted molar refractivity (Wildman–Crippen MR) is 73.3 cm³/mol. The molecule has 2 aromatic carbocycles. The molecule has 0 aliphatic carbocycles. The number of anilines is 3. The molecule has 0 saturated carbocycles. The number of nitrogens with one attached hydrogen (secondary N) is 1. The molecule has 1 aliphatic heterocycles. The average Bonchev–Trinajstić information content (AvgIpc) is 2.38. The number of carbonyl (C=O) groups is 1. The van der Waals surface area contributed by atoms with Gasteiger partial charge < -0.3 is 5.32 Å². The molecular weight excluding hydrogens is 224 g/mol. The Morgan fingerprint density at radius 1 is 1.11 bits per heavy atom. The minimum Gasteiger partial charge on any atom is -0.374 e. The second-order valence-corrected chi connectivity index (χ2v) is 4.44. The van der Waals surface area contributed by atoms with Crippen LogP contribution in [0, 0.1) is 6.92 Å². The number of benzene rings is 2. The van der Waals surface area contributed by atoms with E-state index in [4.69, 9.17) is 0 Å². The van der Waals surface area contributed by atoms with Crippen molar-refractivity contribution in [2.75, 3.05) is 16.8 Å². The van der Waals surface area contributed by atoms with Crippen molar-refractivity contribution in [1.29, 1.82) is 0 Å². The van der Waals surface area contributed by atoms with Gasteiger partial charge in [-0.3, -0.25) is 9.69 Å². The Morgan fingerprint density at radius 3 is 2.78 bits per heavy atom. The molecule has 0 radical (unpaired) electrons. The molecule has 0 aromatic heterocycles. The van der Waals surface area contributed by atoms with Gasteiger partial charge in [0.25, 0.3) is 5.91 Å². The van der Waals surface area contributed by atoms with Gasteiger partial charge in [0.1, 0.15) is 0 Å². The normalized spacial score (nSPS) is 14.1. The maximum atomic E-state index is 12.1. The van der Waals surface area contributed by atoms with E-state index < -0.39 is 0 Å². The van der Waals surface area contributed by atoms with Crippen molar-refractivity contribution in [2.24, 2.45) is 0 Å². The van der Waals surface area contributed by atoms with Gasteiger partial charge in [0.15, 0.2) is 0 Å². The summed E-state index contributed by atoms with van der Waals surface area (Å²) in [6.07, 6.45) is 0. The number of aryl methyl sites for hydroxylation is 1. The molecule has 3 heteroatoms. The van der Waals surface area contributed by atoms with E-state index >= 15 is 0 Å². The number of hydrogen-bond acceptors (Lipinski definition) is 2. The summed E-state index contributed by atoms with van der Waals surface area (Å²) in [4.78, 5) is 13.9. The highest BCUT2D eigenvalue weighted by Gasteiger charge is 2.24. The molecule has 1 aliphatic rings. The zero-order valence-electron chi connectivity index (χ0n) is 10.2. The van der Waals surface area contributed by atoms with E-state index in [1.165, 1.54) is 0 Å². The molecule has 18 heavy (non-hydrogen) atoms. The third-order valence-corrected chi connectivity index (χ3v) is 3.08. The lowest BCUT2D eigenvalue weighted by molar-refractivity contribution is -0.116. The van der Waals surface area contributed by atoms with E-state index in [2.05, 4.69) is 5.32 Å². The number of amides is 1. The molecule has 3 rings (SSSR count). The van der Waals surface area contributed by atoms with Crippen LogP contribution in [0.3, 0.4) is 0 Å². The molecule has 90 valence electrons. The van der Waals surface area contributed by atoms with Gasteiger partial charge in [-0.05, 0) is 36.8 Å². The van der Waals surface area contributed by atoms with E-state index in [0.29, 0.717) is 6.54 Å². The van der Waals surface area contributed by atoms with Gasteiger partial charge in [-0.2, -0.15) is 0 Å². The largest absolute Gasteiger partial charge is 0.374 e. The Balaban J connectivity index is 2.13. The minimum absolute atomic E-state index is 0.0688. The van der Waals surface area contributed by atoms with Gasteiger partial charge in [0.05, 0.1) is 17.9 Å². The number of rotatable bonds is 1. The smallest absolute Gasteiger partial charge is 0.250 e. The van der Waals surface area contributed by atoms with Gasteiger partial charge in [0.2, 0.25) is 0 Å². The van der Waals surface area contributed by atoms with Gasteiger partial charge in [-0.25, -0.2) is 0 Å². The fraction of sp³-hybridized carbons (Fsp3) is 0.133. The summed E-state index contributed by atoms with van der Waals surface area (Å²) in [6, 6.07) is 15.9. The standard InChI is InChI=1S/C15H14N2O/c1-11-5-4-6-12(9-11)17-14-8-3-2-7-13(14)16-10-15(17)18/h2-9,16H,10H2,1H3. The quantitative estimate of drug-likeness (QED) is 0.828. The third-order valence-electron chi connectivity index (χ3n) is 3.08. The number of fused-ring (bicyclic) bond motifs is 1. The highest BCUT2D eigenvalue weighted by Crippen LogP contribution is 2.34. The summed E-state index contributed by atoms with van der Waals surface area (Å²) < 4.78 is 0. The van der Waals surface area contributed by atoms with Crippen LogP contribution in [0.2, 0.25) is 0 Å². The monoisotopic (exact) mass is 238 g/mol. The summed E-state index contributed by atoms with van der Waals surface area (Å²) >= 11 is 0. The van der Waals surface area contributed by atoms with E-state index in [0.717, 1.165) is 22.6 Å². The Kier molecular flexibility index (Phi) is 2.52. The fourth-order valence-corrected chi connectivity index (χ4v) is 2.25. The lowest BCUT2D eigenvalue weighted by Gasteiger charge is -2.30. The second kappa shape index (κ2) is 4.18. The van der Waals surface area contributed by atoms with E-state index in [1.807, 2.05) is 55.5 Å². The lowest BCUT2D eigenvalue weighted by atomic mass is 10.1. The van der Waals surface area contributed by atoms with Crippen molar-refractivity contribution in [3.63, 3.8) is 0 Å². The van der Waals surface area contributed by atoms with Gasteiger partial charge in [0, 0.05) is 5.69 Å². The van der Waals surface area contributed by atoms with Crippen molar-refractivity contribution in [3.05, 3.63) is 54.1 Å². The molecule has 0 saturated heterocycles. The highest BCUT2D eigenvalue weighted by atomic mass is 16.2. The Labute approximate surface area is 106 Å². The highest BCUT2D eigenvalue weighted by molar-refractivity contribution is 6.08. The van der Waals surface area contributed by atoms with E-state index in [9.17, 15) is 4.79 Å². The van der Waals surface area contributed by atoms with Crippen LogP contribution in [0.5, 0.6) is 0 Å². The molecule has 3 nitrogen and oxygen atoms in total. The van der Waals surface area contributed by atoms with Gasteiger partial charge in [-0.1, -0.05) is 24.3 Å².